The number of hydrogen-bond acceptors (Lipinski definition) is 1. The molecule has 0 unspecified atom stereocenters. The van der Waals surface area contributed by atoms with E-state index in [1.807, 2.05) is 19.9 Å². The summed E-state index contributed by atoms with van der Waals surface area (Å²) in [7, 11) is 1.67. The molecule has 90 valence electrons. The molecule has 0 aromatic heterocycles. The quantitative estimate of drug-likeness (QED) is 0.744. The first kappa shape index (κ1) is 13.2. The van der Waals surface area contributed by atoms with Gasteiger partial charge in [0.25, 0.3) is 0 Å². The zero-order chi connectivity index (χ0) is 12.3. The summed E-state index contributed by atoms with van der Waals surface area (Å²) in [6.07, 6.45) is 0. The Hall–Kier alpha value is -0.890. The highest BCUT2D eigenvalue weighted by atomic mass is 19.1. The van der Waals surface area contributed by atoms with Gasteiger partial charge in [0.2, 0.25) is 0 Å². The summed E-state index contributed by atoms with van der Waals surface area (Å²) in [5.41, 5.74) is 2.92. The first-order valence-electron chi connectivity index (χ1n) is 5.78. The van der Waals surface area contributed by atoms with Gasteiger partial charge in [-0.05, 0) is 34.6 Å². The van der Waals surface area contributed by atoms with Crippen molar-refractivity contribution >= 4 is 0 Å². The summed E-state index contributed by atoms with van der Waals surface area (Å²) in [5.74, 6) is 0.427. The van der Waals surface area contributed by atoms with E-state index in [1.54, 1.807) is 13.2 Å². The van der Waals surface area contributed by atoms with Crippen LogP contribution in [-0.4, -0.2) is 7.11 Å². The van der Waals surface area contributed by atoms with Crippen molar-refractivity contribution in [2.45, 2.75) is 46.1 Å². The maximum absolute atomic E-state index is 13.8. The lowest BCUT2D eigenvalue weighted by Crippen LogP contribution is -2.03. The van der Waals surface area contributed by atoms with Crippen LogP contribution in [0.15, 0.2) is 12.1 Å². The topological polar surface area (TPSA) is 9.23 Å². The molecule has 0 fully saturated rings. The molecule has 16 heavy (non-hydrogen) atoms. The maximum atomic E-state index is 13.8. The Labute approximate surface area is 97.6 Å². The van der Waals surface area contributed by atoms with Crippen molar-refractivity contribution in [2.75, 3.05) is 7.11 Å². The van der Waals surface area contributed by atoms with E-state index >= 15 is 0 Å². The average molecular weight is 224 g/mol. The highest BCUT2D eigenvalue weighted by molar-refractivity contribution is 5.36. The molecule has 1 aromatic rings. The number of methoxy groups -OCH3 is 1. The van der Waals surface area contributed by atoms with Gasteiger partial charge in [0, 0.05) is 7.11 Å². The lowest BCUT2D eigenvalue weighted by Gasteiger charge is -2.16. The van der Waals surface area contributed by atoms with Crippen LogP contribution in [0.4, 0.5) is 4.39 Å². The van der Waals surface area contributed by atoms with Crippen molar-refractivity contribution in [2.24, 2.45) is 0 Å². The Balaban J connectivity index is 3.25. The Morgan fingerprint density at radius 2 is 1.62 bits per heavy atom. The first-order valence-corrected chi connectivity index (χ1v) is 5.78. The highest BCUT2D eigenvalue weighted by Crippen LogP contribution is 2.27. The molecule has 0 aliphatic rings. The fourth-order valence-corrected chi connectivity index (χ4v) is 1.91. The molecular weight excluding hydrogens is 203 g/mol. The number of halogens is 1. The largest absolute Gasteiger partial charge is 0.380 e. The van der Waals surface area contributed by atoms with Crippen LogP contribution in [0.3, 0.4) is 0 Å². The summed E-state index contributed by atoms with van der Waals surface area (Å²) in [6, 6.07) is 3.60. The number of hydrogen-bond donors (Lipinski definition) is 0. The summed E-state index contributed by atoms with van der Waals surface area (Å²) in [5, 5.41) is 0. The smallest absolute Gasteiger partial charge is 0.126 e. The fourth-order valence-electron chi connectivity index (χ4n) is 1.91. The van der Waals surface area contributed by atoms with Gasteiger partial charge in [-0.3, -0.25) is 0 Å². The third-order valence-electron chi connectivity index (χ3n) is 2.80. The summed E-state index contributed by atoms with van der Waals surface area (Å²) >= 11 is 0. The van der Waals surface area contributed by atoms with Gasteiger partial charge in [0.15, 0.2) is 0 Å². The van der Waals surface area contributed by atoms with Gasteiger partial charge < -0.3 is 4.74 Å². The van der Waals surface area contributed by atoms with Crippen LogP contribution in [0.25, 0.3) is 0 Å². The fraction of sp³-hybridized carbons (Fsp3) is 0.571. The van der Waals surface area contributed by atoms with Crippen LogP contribution in [0.1, 0.15) is 56.2 Å². The zero-order valence-electron chi connectivity index (χ0n) is 10.8. The van der Waals surface area contributed by atoms with Gasteiger partial charge in [0.1, 0.15) is 5.82 Å². The van der Waals surface area contributed by atoms with Gasteiger partial charge in [0.05, 0.1) is 6.61 Å². The SMILES string of the molecule is COCc1cc(C(C)C)c(F)cc1C(C)C. The molecule has 0 aliphatic carbocycles. The lowest BCUT2D eigenvalue weighted by atomic mass is 9.92. The van der Waals surface area contributed by atoms with E-state index in [1.165, 1.54) is 0 Å². The van der Waals surface area contributed by atoms with Crippen LogP contribution in [-0.2, 0) is 11.3 Å². The standard InChI is InChI=1S/C14H21FO/c1-9(2)12-7-14(15)13(10(3)4)6-11(12)8-16-5/h6-7,9-10H,8H2,1-5H3. The number of rotatable bonds is 4. The van der Waals surface area contributed by atoms with E-state index in [4.69, 9.17) is 4.74 Å². The van der Waals surface area contributed by atoms with Crippen LogP contribution < -0.4 is 0 Å². The van der Waals surface area contributed by atoms with Crippen molar-refractivity contribution in [3.05, 3.63) is 34.6 Å². The van der Waals surface area contributed by atoms with E-state index < -0.39 is 0 Å². The monoisotopic (exact) mass is 224 g/mol. The van der Waals surface area contributed by atoms with Crippen molar-refractivity contribution in [3.8, 4) is 0 Å². The van der Waals surface area contributed by atoms with Crippen LogP contribution in [0.2, 0.25) is 0 Å². The Morgan fingerprint density at radius 1 is 1.06 bits per heavy atom. The zero-order valence-corrected chi connectivity index (χ0v) is 10.8. The summed E-state index contributed by atoms with van der Waals surface area (Å²) in [4.78, 5) is 0. The molecule has 0 saturated carbocycles. The molecule has 0 heterocycles. The van der Waals surface area contributed by atoms with Gasteiger partial charge in [-0.1, -0.05) is 33.8 Å². The maximum Gasteiger partial charge on any atom is 0.126 e. The minimum atomic E-state index is -0.0986. The third-order valence-corrected chi connectivity index (χ3v) is 2.80. The van der Waals surface area contributed by atoms with E-state index in [9.17, 15) is 4.39 Å². The molecule has 1 nitrogen and oxygen atoms in total. The summed E-state index contributed by atoms with van der Waals surface area (Å²) < 4.78 is 19.0. The predicted octanol–water partition coefficient (Wildman–Crippen LogP) is 4.22. The highest BCUT2D eigenvalue weighted by Gasteiger charge is 2.14. The molecule has 0 bridgehead atoms. The van der Waals surface area contributed by atoms with Crippen LogP contribution >= 0.6 is 0 Å². The predicted molar refractivity (Wildman–Crippen MR) is 65.3 cm³/mol. The average Bonchev–Trinajstić information content (AvgIpc) is 2.19. The lowest BCUT2D eigenvalue weighted by molar-refractivity contribution is 0.183. The molecular formula is C14H21FO. The minimum absolute atomic E-state index is 0.0986. The molecule has 0 spiro atoms. The molecule has 0 radical (unpaired) electrons. The van der Waals surface area contributed by atoms with Crippen molar-refractivity contribution in [3.63, 3.8) is 0 Å². The van der Waals surface area contributed by atoms with Gasteiger partial charge in [-0.25, -0.2) is 4.39 Å². The molecule has 0 aliphatic heterocycles. The second kappa shape index (κ2) is 5.44. The third kappa shape index (κ3) is 2.82. The normalized spacial score (nSPS) is 11.5. The van der Waals surface area contributed by atoms with Crippen molar-refractivity contribution < 1.29 is 9.13 Å². The molecule has 0 N–H and O–H groups in total. The molecule has 0 amide bonds. The molecule has 1 rings (SSSR count). The van der Waals surface area contributed by atoms with Gasteiger partial charge >= 0.3 is 0 Å². The van der Waals surface area contributed by atoms with Gasteiger partial charge in [-0.2, -0.15) is 0 Å². The second-order valence-corrected chi connectivity index (χ2v) is 4.81. The summed E-state index contributed by atoms with van der Waals surface area (Å²) in [6.45, 7) is 8.70. The van der Waals surface area contributed by atoms with E-state index in [2.05, 4.69) is 13.8 Å². The molecule has 2 heteroatoms. The minimum Gasteiger partial charge on any atom is -0.380 e. The Bertz CT molecular complexity index is 356. The molecule has 1 aromatic carbocycles. The first-order chi connectivity index (χ1) is 7.47. The Morgan fingerprint density at radius 3 is 2.06 bits per heavy atom. The van der Waals surface area contributed by atoms with Crippen molar-refractivity contribution in [1.82, 2.24) is 0 Å². The van der Waals surface area contributed by atoms with E-state index in [0.717, 1.165) is 16.7 Å². The molecule has 0 saturated heterocycles. The van der Waals surface area contributed by atoms with E-state index in [-0.39, 0.29) is 11.7 Å². The Kier molecular flexibility index (Phi) is 4.48. The second-order valence-electron chi connectivity index (χ2n) is 4.81. The van der Waals surface area contributed by atoms with E-state index in [0.29, 0.717) is 12.5 Å². The van der Waals surface area contributed by atoms with Gasteiger partial charge in [-0.15, -0.1) is 0 Å². The van der Waals surface area contributed by atoms with Crippen LogP contribution in [0, 0.1) is 5.82 Å². The van der Waals surface area contributed by atoms with Crippen LogP contribution in [0.5, 0.6) is 0 Å². The molecule has 0 atom stereocenters. The van der Waals surface area contributed by atoms with Crippen molar-refractivity contribution in [1.29, 1.82) is 0 Å². The number of ether oxygens (including phenoxy) is 1. The number of benzene rings is 1.